The highest BCUT2D eigenvalue weighted by Gasteiger charge is 2.42. The number of aliphatic hydroxyl groups is 1. The third-order valence-electron chi connectivity index (χ3n) is 5.93. The summed E-state index contributed by atoms with van der Waals surface area (Å²) in [5.74, 6) is 1.60. The van der Waals surface area contributed by atoms with Crippen LogP contribution in [0.2, 0.25) is 0 Å². The van der Waals surface area contributed by atoms with Crippen LogP contribution in [-0.4, -0.2) is 72.1 Å². The van der Waals surface area contributed by atoms with Gasteiger partial charge in [0.25, 0.3) is 0 Å². The van der Waals surface area contributed by atoms with Crippen molar-refractivity contribution in [2.75, 3.05) is 39.3 Å². The maximum absolute atomic E-state index is 12.4. The molecule has 3 rings (SSSR count). The minimum atomic E-state index is 0.0803. The van der Waals surface area contributed by atoms with Crippen molar-refractivity contribution in [3.8, 4) is 0 Å². The normalized spacial score (nSPS) is 28.2. The van der Waals surface area contributed by atoms with E-state index >= 15 is 0 Å². The number of nitrogens with one attached hydrogen (secondary N) is 1. The molecule has 0 aromatic heterocycles. The van der Waals surface area contributed by atoms with Crippen molar-refractivity contribution in [2.45, 2.75) is 57.4 Å². The summed E-state index contributed by atoms with van der Waals surface area (Å²) < 4.78 is 0. The summed E-state index contributed by atoms with van der Waals surface area (Å²) in [4.78, 5) is 28.7. The molecule has 0 unspecified atom stereocenters. The number of amides is 2. The Bertz CT molecular complexity index is 467. The molecule has 1 aliphatic carbocycles. The van der Waals surface area contributed by atoms with Crippen molar-refractivity contribution in [3.63, 3.8) is 0 Å². The van der Waals surface area contributed by atoms with E-state index in [0.29, 0.717) is 25.3 Å². The van der Waals surface area contributed by atoms with Crippen LogP contribution in [-0.2, 0) is 9.59 Å². The Balaban J connectivity index is 1.45. The first-order valence-electron chi connectivity index (χ1n) is 10.1. The maximum atomic E-state index is 12.4. The first-order chi connectivity index (χ1) is 12.2. The Labute approximate surface area is 150 Å². The zero-order chi connectivity index (χ0) is 17.6. The fourth-order valence-electron chi connectivity index (χ4n) is 4.34. The van der Waals surface area contributed by atoms with E-state index in [-0.39, 0.29) is 24.5 Å². The standard InChI is InChI=1S/C19H33N3O3/c23-12-4-9-21-13-16(15-6-7-15)17(14-21)20-18(24)8-11-22-10-3-1-2-5-19(22)25/h15-17,23H,1-14H2,(H,20,24)/t16-,17+/m0/s1. The highest BCUT2D eigenvalue weighted by molar-refractivity contribution is 5.79. The summed E-state index contributed by atoms with van der Waals surface area (Å²) in [7, 11) is 0. The van der Waals surface area contributed by atoms with E-state index in [0.717, 1.165) is 57.8 Å². The van der Waals surface area contributed by atoms with E-state index in [9.17, 15) is 9.59 Å². The summed E-state index contributed by atoms with van der Waals surface area (Å²) in [6.45, 7) is 4.44. The molecule has 2 atom stereocenters. The van der Waals surface area contributed by atoms with Gasteiger partial charge in [-0.3, -0.25) is 9.59 Å². The van der Waals surface area contributed by atoms with Crippen LogP contribution < -0.4 is 5.32 Å². The quantitative estimate of drug-likeness (QED) is 0.684. The van der Waals surface area contributed by atoms with E-state index in [1.165, 1.54) is 12.8 Å². The number of carbonyl (C=O) groups is 2. The van der Waals surface area contributed by atoms with Gasteiger partial charge >= 0.3 is 0 Å². The zero-order valence-corrected chi connectivity index (χ0v) is 15.3. The Morgan fingerprint density at radius 2 is 2.00 bits per heavy atom. The second-order valence-corrected chi connectivity index (χ2v) is 7.95. The molecule has 0 bridgehead atoms. The molecule has 2 N–H and O–H groups in total. The fraction of sp³-hybridized carbons (Fsp3) is 0.895. The molecule has 0 spiro atoms. The van der Waals surface area contributed by atoms with Crippen molar-refractivity contribution < 1.29 is 14.7 Å². The lowest BCUT2D eigenvalue weighted by Gasteiger charge is -2.22. The number of carbonyl (C=O) groups excluding carboxylic acids is 2. The van der Waals surface area contributed by atoms with Crippen LogP contribution in [0, 0.1) is 11.8 Å². The molecule has 1 saturated carbocycles. The molecule has 6 heteroatoms. The van der Waals surface area contributed by atoms with Crippen molar-refractivity contribution in [1.82, 2.24) is 15.1 Å². The average Bonchev–Trinajstić information content (AvgIpc) is 3.39. The first kappa shape index (κ1) is 18.6. The van der Waals surface area contributed by atoms with Gasteiger partial charge in [-0.25, -0.2) is 0 Å². The summed E-state index contributed by atoms with van der Waals surface area (Å²) >= 11 is 0. The Morgan fingerprint density at radius 3 is 2.76 bits per heavy atom. The molecule has 6 nitrogen and oxygen atoms in total. The van der Waals surface area contributed by atoms with Gasteiger partial charge in [0, 0.05) is 58.2 Å². The number of rotatable bonds is 8. The van der Waals surface area contributed by atoms with Gasteiger partial charge in [-0.05, 0) is 43.9 Å². The lowest BCUT2D eigenvalue weighted by Crippen LogP contribution is -2.43. The zero-order valence-electron chi connectivity index (χ0n) is 15.3. The van der Waals surface area contributed by atoms with Crippen LogP contribution in [0.3, 0.4) is 0 Å². The predicted molar refractivity (Wildman–Crippen MR) is 96.0 cm³/mol. The van der Waals surface area contributed by atoms with Gasteiger partial charge in [-0.1, -0.05) is 6.42 Å². The van der Waals surface area contributed by atoms with E-state index in [1.54, 1.807) is 0 Å². The maximum Gasteiger partial charge on any atom is 0.222 e. The van der Waals surface area contributed by atoms with Crippen molar-refractivity contribution in [1.29, 1.82) is 0 Å². The van der Waals surface area contributed by atoms with Gasteiger partial charge in [-0.2, -0.15) is 0 Å². The highest BCUT2D eigenvalue weighted by atomic mass is 16.3. The second kappa shape index (κ2) is 8.99. The average molecular weight is 351 g/mol. The Kier molecular flexibility index (Phi) is 6.70. The number of nitrogens with zero attached hydrogens (tertiary/aromatic N) is 2. The molecular formula is C19H33N3O3. The third kappa shape index (κ3) is 5.42. The molecule has 25 heavy (non-hydrogen) atoms. The molecule has 2 aliphatic heterocycles. The minimum Gasteiger partial charge on any atom is -0.396 e. The monoisotopic (exact) mass is 351 g/mol. The molecular weight excluding hydrogens is 318 g/mol. The van der Waals surface area contributed by atoms with Gasteiger partial charge in [0.1, 0.15) is 0 Å². The van der Waals surface area contributed by atoms with Crippen LogP contribution in [0.4, 0.5) is 0 Å². The summed E-state index contributed by atoms with van der Waals surface area (Å²) in [5, 5.41) is 12.3. The number of hydrogen-bond acceptors (Lipinski definition) is 4. The van der Waals surface area contributed by atoms with Crippen molar-refractivity contribution >= 4 is 11.8 Å². The van der Waals surface area contributed by atoms with Crippen LogP contribution in [0.25, 0.3) is 0 Å². The van der Waals surface area contributed by atoms with E-state index in [1.807, 2.05) is 4.90 Å². The molecule has 2 heterocycles. The van der Waals surface area contributed by atoms with Gasteiger partial charge in [0.05, 0.1) is 0 Å². The lowest BCUT2D eigenvalue weighted by molar-refractivity contribution is -0.131. The molecule has 0 radical (unpaired) electrons. The van der Waals surface area contributed by atoms with Gasteiger partial charge < -0.3 is 20.2 Å². The summed E-state index contributed by atoms with van der Waals surface area (Å²) in [6.07, 6.45) is 7.57. The van der Waals surface area contributed by atoms with E-state index in [4.69, 9.17) is 5.11 Å². The Morgan fingerprint density at radius 1 is 1.16 bits per heavy atom. The number of hydrogen-bond donors (Lipinski definition) is 2. The second-order valence-electron chi connectivity index (χ2n) is 7.95. The molecule has 0 aromatic rings. The molecule has 0 aromatic carbocycles. The minimum absolute atomic E-state index is 0.0803. The summed E-state index contributed by atoms with van der Waals surface area (Å²) in [5.41, 5.74) is 0. The number of likely N-dealkylation sites (tertiary alicyclic amines) is 2. The molecule has 3 fully saturated rings. The predicted octanol–water partition coefficient (Wildman–Crippen LogP) is 0.988. The molecule has 2 amide bonds. The van der Waals surface area contributed by atoms with Crippen LogP contribution in [0.1, 0.15) is 51.4 Å². The van der Waals surface area contributed by atoms with Crippen molar-refractivity contribution in [3.05, 3.63) is 0 Å². The molecule has 2 saturated heterocycles. The smallest absolute Gasteiger partial charge is 0.222 e. The van der Waals surface area contributed by atoms with Gasteiger partial charge in [-0.15, -0.1) is 0 Å². The van der Waals surface area contributed by atoms with Crippen LogP contribution >= 0.6 is 0 Å². The van der Waals surface area contributed by atoms with Crippen LogP contribution in [0.15, 0.2) is 0 Å². The molecule has 3 aliphatic rings. The SMILES string of the molecule is O=C(CCN1CCCCCC1=O)N[C@@H]1CN(CCCO)C[C@H]1C1CC1. The lowest BCUT2D eigenvalue weighted by atomic mass is 9.98. The Hall–Kier alpha value is -1.14. The van der Waals surface area contributed by atoms with Crippen LogP contribution in [0.5, 0.6) is 0 Å². The summed E-state index contributed by atoms with van der Waals surface area (Å²) in [6, 6.07) is 0.235. The topological polar surface area (TPSA) is 72.9 Å². The molecule has 142 valence electrons. The highest BCUT2D eigenvalue weighted by Crippen LogP contribution is 2.41. The van der Waals surface area contributed by atoms with Gasteiger partial charge in [0.2, 0.25) is 11.8 Å². The first-order valence-corrected chi connectivity index (χ1v) is 10.1. The van der Waals surface area contributed by atoms with Crippen molar-refractivity contribution in [2.24, 2.45) is 11.8 Å². The van der Waals surface area contributed by atoms with E-state index in [2.05, 4.69) is 10.2 Å². The largest absolute Gasteiger partial charge is 0.396 e. The van der Waals surface area contributed by atoms with Gasteiger partial charge in [0.15, 0.2) is 0 Å². The third-order valence-corrected chi connectivity index (χ3v) is 5.93. The number of aliphatic hydroxyl groups excluding tert-OH is 1. The van der Waals surface area contributed by atoms with E-state index < -0.39 is 0 Å². The fourth-order valence-corrected chi connectivity index (χ4v) is 4.34.